The van der Waals surface area contributed by atoms with Crippen LogP contribution in [-0.4, -0.2) is 24.8 Å². The Labute approximate surface area is 171 Å². The fourth-order valence-electron chi connectivity index (χ4n) is 3.77. The Balaban J connectivity index is 1.79. The third kappa shape index (κ3) is 3.63. The molecule has 4 rings (SSSR count). The predicted molar refractivity (Wildman–Crippen MR) is 119 cm³/mol. The van der Waals surface area contributed by atoms with Crippen LogP contribution in [0.1, 0.15) is 29.7 Å². The number of fused-ring (bicyclic) bond motifs is 1. The maximum atomic E-state index is 6.36. The average Bonchev–Trinajstić information content (AvgIpc) is 2.70. The number of nitrogens with zero attached hydrogens (tertiary/aromatic N) is 3. The van der Waals surface area contributed by atoms with Gasteiger partial charge >= 0.3 is 0 Å². The minimum atomic E-state index is 0.0791. The maximum Gasteiger partial charge on any atom is 0.103 e. The number of amidine groups is 1. The topological polar surface area (TPSA) is 18.8 Å². The largest absolute Gasteiger partial charge is 0.378 e. The van der Waals surface area contributed by atoms with Gasteiger partial charge < -0.3 is 9.80 Å². The Morgan fingerprint density at radius 3 is 2.50 bits per heavy atom. The van der Waals surface area contributed by atoms with Crippen molar-refractivity contribution in [3.63, 3.8) is 0 Å². The van der Waals surface area contributed by atoms with Gasteiger partial charge in [-0.25, -0.2) is 4.99 Å². The van der Waals surface area contributed by atoms with Crippen molar-refractivity contribution in [3.8, 4) is 0 Å². The molecule has 0 aliphatic carbocycles. The van der Waals surface area contributed by atoms with Crippen LogP contribution in [0.2, 0.25) is 5.02 Å². The second kappa shape index (κ2) is 7.69. The second-order valence-corrected chi connectivity index (χ2v) is 7.80. The molecule has 0 saturated heterocycles. The molecule has 1 unspecified atom stereocenters. The highest BCUT2D eigenvalue weighted by atomic mass is 35.5. The number of hydrogen-bond acceptors (Lipinski definition) is 3. The van der Waals surface area contributed by atoms with Crippen LogP contribution in [-0.2, 0) is 6.54 Å². The Hall–Kier alpha value is -2.78. The van der Waals surface area contributed by atoms with E-state index < -0.39 is 0 Å². The number of aliphatic imine (C=N–C) groups is 1. The van der Waals surface area contributed by atoms with Gasteiger partial charge in [-0.2, -0.15) is 0 Å². The molecule has 0 saturated carbocycles. The molecule has 0 spiro atoms. The summed E-state index contributed by atoms with van der Waals surface area (Å²) >= 11 is 6.36. The van der Waals surface area contributed by atoms with E-state index in [1.807, 2.05) is 18.2 Å². The molecule has 1 aliphatic rings. The van der Waals surface area contributed by atoms with Crippen LogP contribution in [0.25, 0.3) is 0 Å². The summed E-state index contributed by atoms with van der Waals surface area (Å²) in [5, 5.41) is 0.740. The van der Waals surface area contributed by atoms with Crippen molar-refractivity contribution in [3.05, 3.63) is 94.5 Å². The molecule has 3 aromatic rings. The van der Waals surface area contributed by atoms with Crippen LogP contribution in [0.3, 0.4) is 0 Å². The molecule has 1 atom stereocenters. The van der Waals surface area contributed by atoms with Gasteiger partial charge in [0.1, 0.15) is 5.84 Å². The lowest BCUT2D eigenvalue weighted by atomic mass is 9.93. The molecule has 0 N–H and O–H groups in total. The van der Waals surface area contributed by atoms with Crippen molar-refractivity contribution in [2.24, 2.45) is 4.99 Å². The van der Waals surface area contributed by atoms with E-state index in [9.17, 15) is 0 Å². The van der Waals surface area contributed by atoms with Gasteiger partial charge in [-0.1, -0.05) is 54.1 Å². The van der Waals surface area contributed by atoms with E-state index in [4.69, 9.17) is 16.6 Å². The van der Waals surface area contributed by atoms with Gasteiger partial charge in [-0.3, -0.25) is 0 Å². The Kier molecular flexibility index (Phi) is 5.10. The molecule has 3 aromatic carbocycles. The molecule has 3 nitrogen and oxygen atoms in total. The number of hydrogen-bond donors (Lipinski definition) is 0. The lowest BCUT2D eigenvalue weighted by Crippen LogP contribution is -2.35. The zero-order chi connectivity index (χ0) is 19.7. The number of benzene rings is 3. The highest BCUT2D eigenvalue weighted by Crippen LogP contribution is 2.41. The van der Waals surface area contributed by atoms with E-state index in [0.717, 1.165) is 28.7 Å². The molecule has 28 heavy (non-hydrogen) atoms. The fraction of sp³-hybridized carbons (Fsp3) is 0.208. The van der Waals surface area contributed by atoms with Crippen molar-refractivity contribution in [1.82, 2.24) is 4.90 Å². The maximum absolute atomic E-state index is 6.36. The molecule has 1 aliphatic heterocycles. The van der Waals surface area contributed by atoms with Gasteiger partial charge in [0.15, 0.2) is 0 Å². The molecular formula is C24H24ClN3. The van der Waals surface area contributed by atoms with Crippen LogP contribution >= 0.6 is 11.6 Å². The summed E-state index contributed by atoms with van der Waals surface area (Å²) in [5.74, 6) is 1.01. The van der Waals surface area contributed by atoms with Crippen LogP contribution < -0.4 is 4.90 Å². The van der Waals surface area contributed by atoms with Gasteiger partial charge in [0, 0.05) is 36.9 Å². The predicted octanol–water partition coefficient (Wildman–Crippen LogP) is 6.06. The minimum Gasteiger partial charge on any atom is -0.378 e. The Bertz CT molecular complexity index is 1010. The van der Waals surface area contributed by atoms with Crippen LogP contribution in [0.15, 0.2) is 77.8 Å². The van der Waals surface area contributed by atoms with Gasteiger partial charge in [-0.05, 0) is 48.4 Å². The van der Waals surface area contributed by atoms with Crippen molar-refractivity contribution in [2.75, 3.05) is 19.0 Å². The zero-order valence-corrected chi connectivity index (χ0v) is 17.2. The van der Waals surface area contributed by atoms with E-state index in [2.05, 4.69) is 85.4 Å². The third-order valence-corrected chi connectivity index (χ3v) is 5.42. The lowest BCUT2D eigenvalue weighted by Gasteiger charge is -2.38. The molecular weight excluding hydrogens is 366 g/mol. The van der Waals surface area contributed by atoms with Gasteiger partial charge in [0.2, 0.25) is 0 Å². The molecule has 0 amide bonds. The van der Waals surface area contributed by atoms with Crippen LogP contribution in [0.4, 0.5) is 11.4 Å². The van der Waals surface area contributed by atoms with Crippen molar-refractivity contribution in [2.45, 2.75) is 19.5 Å². The van der Waals surface area contributed by atoms with Crippen LogP contribution in [0.5, 0.6) is 0 Å². The molecule has 0 bridgehead atoms. The Morgan fingerprint density at radius 1 is 0.964 bits per heavy atom. The van der Waals surface area contributed by atoms with E-state index in [1.165, 1.54) is 16.8 Å². The van der Waals surface area contributed by atoms with Crippen LogP contribution in [0, 0.1) is 0 Å². The summed E-state index contributed by atoms with van der Waals surface area (Å²) in [6, 6.07) is 25.3. The van der Waals surface area contributed by atoms with E-state index in [1.54, 1.807) is 0 Å². The molecule has 0 aromatic heterocycles. The van der Waals surface area contributed by atoms with Crippen molar-refractivity contribution < 1.29 is 0 Å². The summed E-state index contributed by atoms with van der Waals surface area (Å²) in [6.07, 6.45) is 0. The van der Waals surface area contributed by atoms with Gasteiger partial charge in [0.25, 0.3) is 0 Å². The second-order valence-electron chi connectivity index (χ2n) is 7.37. The molecule has 0 fully saturated rings. The first-order valence-corrected chi connectivity index (χ1v) is 9.83. The molecule has 0 radical (unpaired) electrons. The summed E-state index contributed by atoms with van der Waals surface area (Å²) < 4.78 is 0. The highest BCUT2D eigenvalue weighted by molar-refractivity contribution is 6.30. The SMILES string of the molecule is CC1=Nc2ccc(Cl)cc2C(c2ccccc2)N1Cc1cccc(N(C)C)c1. The standard InChI is InChI=1S/C24H24ClN3/c1-17-26-23-13-12-20(25)15-22(23)24(19-9-5-4-6-10-19)28(17)16-18-8-7-11-21(14-18)27(2)3/h4-15,24H,16H2,1-3H3. The minimum absolute atomic E-state index is 0.0791. The smallest absolute Gasteiger partial charge is 0.103 e. The third-order valence-electron chi connectivity index (χ3n) is 5.19. The first kappa shape index (κ1) is 18.6. The van der Waals surface area contributed by atoms with E-state index in [-0.39, 0.29) is 6.04 Å². The molecule has 142 valence electrons. The van der Waals surface area contributed by atoms with Crippen molar-refractivity contribution >= 4 is 28.8 Å². The summed E-state index contributed by atoms with van der Waals surface area (Å²) in [5.41, 5.74) is 5.84. The molecule has 1 heterocycles. The van der Waals surface area contributed by atoms with E-state index in [0.29, 0.717) is 0 Å². The zero-order valence-electron chi connectivity index (χ0n) is 16.4. The molecule has 4 heteroatoms. The van der Waals surface area contributed by atoms with Gasteiger partial charge in [-0.15, -0.1) is 0 Å². The average molecular weight is 390 g/mol. The summed E-state index contributed by atoms with van der Waals surface area (Å²) in [6.45, 7) is 2.87. The number of anilines is 1. The normalized spacial score (nSPS) is 15.8. The number of halogens is 1. The Morgan fingerprint density at radius 2 is 1.75 bits per heavy atom. The fourth-order valence-corrected chi connectivity index (χ4v) is 3.95. The first-order valence-electron chi connectivity index (χ1n) is 9.45. The monoisotopic (exact) mass is 389 g/mol. The van der Waals surface area contributed by atoms with E-state index >= 15 is 0 Å². The summed E-state index contributed by atoms with van der Waals surface area (Å²) in [4.78, 5) is 9.36. The first-order chi connectivity index (χ1) is 13.5. The van der Waals surface area contributed by atoms with Crippen molar-refractivity contribution in [1.29, 1.82) is 0 Å². The lowest BCUT2D eigenvalue weighted by molar-refractivity contribution is 0.342. The van der Waals surface area contributed by atoms with Gasteiger partial charge in [0.05, 0.1) is 11.7 Å². The number of rotatable bonds is 4. The highest BCUT2D eigenvalue weighted by Gasteiger charge is 2.29. The summed E-state index contributed by atoms with van der Waals surface area (Å²) in [7, 11) is 4.13. The quantitative estimate of drug-likeness (QED) is 0.540.